The standard InChI is InChI=1S/C30H42N4O3.ClHO4/c1-8-31-28(36)30(25-15-11-9-12-16-25,26-17-13-10-14-18-26)34(29(31)37)21-27(35)33(24(6)7)20-19-32(22(2)3)23(4)5;2-1(3,4)5/h9-18,22-24H,8,19-21H2,1-7H3;(H,2,3,4,5). The van der Waals surface area contributed by atoms with Gasteiger partial charge in [0, 0.05) is 37.8 Å². The Morgan fingerprint density at radius 1 is 0.833 bits per heavy atom. The fourth-order valence-corrected chi connectivity index (χ4v) is 5.47. The predicted molar refractivity (Wildman–Crippen MR) is 149 cm³/mol. The minimum Gasteiger partial charge on any atom is -0.337 e. The number of rotatable bonds is 11. The maximum atomic E-state index is 14.1. The summed E-state index contributed by atoms with van der Waals surface area (Å²) in [5.41, 5.74) is -0.0640. The minimum atomic E-state index is -4.69. The molecule has 11 nitrogen and oxygen atoms in total. The maximum Gasteiger partial charge on any atom is 0.328 e. The van der Waals surface area contributed by atoms with E-state index in [4.69, 9.17) is 18.6 Å². The number of amides is 4. The lowest BCUT2D eigenvalue weighted by molar-refractivity contribution is -1.92. The van der Waals surface area contributed by atoms with Gasteiger partial charge in [-0.15, -0.1) is 0 Å². The molecule has 0 saturated carbocycles. The van der Waals surface area contributed by atoms with Crippen molar-refractivity contribution < 1.29 is 43.3 Å². The molecule has 2 aromatic rings. The van der Waals surface area contributed by atoms with E-state index in [1.807, 2.05) is 79.4 Å². The van der Waals surface area contributed by atoms with Gasteiger partial charge in [-0.25, -0.2) is 4.79 Å². The molecule has 2 aromatic carbocycles. The first kappa shape index (κ1) is 35.1. The van der Waals surface area contributed by atoms with Gasteiger partial charge in [0.25, 0.3) is 5.91 Å². The van der Waals surface area contributed by atoms with Crippen molar-refractivity contribution in [2.24, 2.45) is 0 Å². The van der Waals surface area contributed by atoms with E-state index in [0.29, 0.717) is 29.8 Å². The van der Waals surface area contributed by atoms with Gasteiger partial charge in [0.05, 0.1) is 14.9 Å². The largest absolute Gasteiger partial charge is 0.337 e. The van der Waals surface area contributed by atoms with Crippen molar-refractivity contribution in [3.63, 3.8) is 0 Å². The van der Waals surface area contributed by atoms with E-state index < -0.39 is 21.8 Å². The highest BCUT2D eigenvalue weighted by atomic mass is 35.7. The number of hydrogen-bond acceptors (Lipinski definition) is 8. The molecule has 0 unspecified atom stereocenters. The Balaban J connectivity index is 0.00000113. The normalized spacial score (nSPS) is 15.1. The monoisotopic (exact) mass is 606 g/mol. The summed E-state index contributed by atoms with van der Waals surface area (Å²) in [4.78, 5) is 48.6. The summed E-state index contributed by atoms with van der Waals surface area (Å²) in [5, 5.41) is 0. The molecule has 232 valence electrons. The molecule has 0 aromatic heterocycles. The van der Waals surface area contributed by atoms with Crippen molar-refractivity contribution in [2.45, 2.75) is 72.1 Å². The van der Waals surface area contributed by atoms with Crippen LogP contribution >= 0.6 is 0 Å². The van der Waals surface area contributed by atoms with Crippen LogP contribution in [0, 0.1) is 10.2 Å². The zero-order valence-electron chi connectivity index (χ0n) is 25.4. The third kappa shape index (κ3) is 8.27. The topological polar surface area (TPSA) is 154 Å². The number of likely N-dealkylation sites (N-methyl/N-ethyl adjacent to an activating group) is 1. The second kappa shape index (κ2) is 14.9. The molecule has 4 amide bonds. The lowest BCUT2D eigenvalue weighted by atomic mass is 9.81. The smallest absolute Gasteiger partial charge is 0.328 e. The van der Waals surface area contributed by atoms with Crippen molar-refractivity contribution in [1.29, 1.82) is 0 Å². The molecule has 1 aliphatic heterocycles. The highest BCUT2D eigenvalue weighted by molar-refractivity contribution is 6.10. The van der Waals surface area contributed by atoms with E-state index in [9.17, 15) is 14.4 Å². The second-order valence-electron chi connectivity index (χ2n) is 10.9. The Bertz CT molecular complexity index is 1120. The van der Waals surface area contributed by atoms with Crippen molar-refractivity contribution in [3.05, 3.63) is 71.8 Å². The molecule has 0 atom stereocenters. The van der Waals surface area contributed by atoms with Gasteiger partial charge in [-0.05, 0) is 59.6 Å². The van der Waals surface area contributed by atoms with Crippen LogP contribution in [0.5, 0.6) is 0 Å². The molecule has 1 fully saturated rings. The summed E-state index contributed by atoms with van der Waals surface area (Å²) in [6, 6.07) is 18.9. The van der Waals surface area contributed by atoms with E-state index in [2.05, 4.69) is 32.6 Å². The molecule has 1 aliphatic rings. The van der Waals surface area contributed by atoms with E-state index in [0.717, 1.165) is 6.54 Å². The molecular weight excluding hydrogens is 564 g/mol. The van der Waals surface area contributed by atoms with Crippen LogP contribution < -0.4 is 14.0 Å². The Kier molecular flexibility index (Phi) is 12.5. The van der Waals surface area contributed by atoms with Crippen molar-refractivity contribution >= 4 is 17.8 Å². The number of urea groups is 1. The van der Waals surface area contributed by atoms with E-state index in [1.54, 1.807) is 6.92 Å². The lowest BCUT2D eigenvalue weighted by Gasteiger charge is -2.38. The summed E-state index contributed by atoms with van der Waals surface area (Å²) >= 11 is 0. The van der Waals surface area contributed by atoms with Gasteiger partial charge in [0.1, 0.15) is 6.54 Å². The quantitative estimate of drug-likeness (QED) is 0.362. The fraction of sp³-hybridized carbons (Fsp3) is 0.500. The zero-order valence-corrected chi connectivity index (χ0v) is 26.2. The van der Waals surface area contributed by atoms with Gasteiger partial charge in [0.2, 0.25) is 5.91 Å². The van der Waals surface area contributed by atoms with Gasteiger partial charge in [-0.2, -0.15) is 14.0 Å². The third-order valence-electron chi connectivity index (χ3n) is 7.28. The van der Waals surface area contributed by atoms with Gasteiger partial charge in [-0.3, -0.25) is 24.3 Å². The molecule has 0 bridgehead atoms. The first-order chi connectivity index (χ1) is 19.6. The van der Waals surface area contributed by atoms with Crippen LogP contribution in [0.1, 0.15) is 59.6 Å². The molecular formula is C30H43ClN4O7. The number of hydrogen-bond donors (Lipinski definition) is 1. The van der Waals surface area contributed by atoms with E-state index in [1.165, 1.54) is 9.80 Å². The van der Waals surface area contributed by atoms with Crippen LogP contribution in [0.25, 0.3) is 0 Å². The number of nitrogens with zero attached hydrogens (tertiary/aromatic N) is 4. The molecule has 0 spiro atoms. The lowest BCUT2D eigenvalue weighted by Crippen LogP contribution is -2.58. The first-order valence-corrected chi connectivity index (χ1v) is 15.3. The second-order valence-corrected chi connectivity index (χ2v) is 11.7. The summed E-state index contributed by atoms with van der Waals surface area (Å²) in [6.45, 7) is 15.7. The van der Waals surface area contributed by atoms with Gasteiger partial charge in [-0.1, -0.05) is 60.7 Å². The molecule has 0 radical (unpaired) electrons. The predicted octanol–water partition coefficient (Wildman–Crippen LogP) is 0.446. The van der Waals surface area contributed by atoms with E-state index in [-0.39, 0.29) is 30.9 Å². The fourth-order valence-electron chi connectivity index (χ4n) is 5.47. The Morgan fingerprint density at radius 3 is 1.62 bits per heavy atom. The molecule has 1 heterocycles. The number of benzene rings is 2. The Morgan fingerprint density at radius 2 is 1.26 bits per heavy atom. The molecule has 1 saturated heterocycles. The molecule has 42 heavy (non-hydrogen) atoms. The Hall–Kier alpha value is -3.06. The van der Waals surface area contributed by atoms with E-state index >= 15 is 0 Å². The molecule has 0 aliphatic carbocycles. The van der Waals surface area contributed by atoms with Crippen LogP contribution in [0.4, 0.5) is 4.79 Å². The number of imide groups is 1. The van der Waals surface area contributed by atoms with Crippen LogP contribution in [0.15, 0.2) is 60.7 Å². The first-order valence-electron chi connectivity index (χ1n) is 14.0. The number of carbonyl (C=O) groups is 3. The summed E-state index contributed by atoms with van der Waals surface area (Å²) in [6.07, 6.45) is 0. The van der Waals surface area contributed by atoms with Crippen LogP contribution in [-0.2, 0) is 15.1 Å². The highest BCUT2D eigenvalue weighted by Crippen LogP contribution is 2.43. The maximum absolute atomic E-state index is 14.1. The van der Waals surface area contributed by atoms with Crippen molar-refractivity contribution in [3.8, 4) is 0 Å². The minimum absolute atomic E-state index is 0.0489. The zero-order chi connectivity index (χ0) is 31.8. The third-order valence-corrected chi connectivity index (χ3v) is 7.28. The summed E-state index contributed by atoms with van der Waals surface area (Å²) < 4.78 is 32.7. The van der Waals surface area contributed by atoms with Gasteiger partial charge >= 0.3 is 6.03 Å². The molecule has 1 N–H and O–H groups in total. The molecule has 12 heteroatoms. The number of carbonyl (C=O) groups excluding carboxylic acids is 3. The average Bonchev–Trinajstić information content (AvgIpc) is 3.11. The Labute approximate surface area is 250 Å². The highest BCUT2D eigenvalue weighted by Gasteiger charge is 2.59. The van der Waals surface area contributed by atoms with Crippen molar-refractivity contribution in [2.75, 3.05) is 26.2 Å². The van der Waals surface area contributed by atoms with Gasteiger partial charge < -0.3 is 4.90 Å². The number of halogens is 1. The van der Waals surface area contributed by atoms with Crippen LogP contribution in [-0.4, -0.2) is 86.4 Å². The molecule has 3 rings (SSSR count). The summed E-state index contributed by atoms with van der Waals surface area (Å²) in [5.74, 6) is -0.495. The van der Waals surface area contributed by atoms with Gasteiger partial charge in [0.15, 0.2) is 5.54 Å². The average molecular weight is 607 g/mol. The van der Waals surface area contributed by atoms with Crippen LogP contribution in [0.3, 0.4) is 0 Å². The van der Waals surface area contributed by atoms with Crippen LogP contribution in [0.2, 0.25) is 0 Å². The summed E-state index contributed by atoms with van der Waals surface area (Å²) in [7, 11) is -4.69. The van der Waals surface area contributed by atoms with Crippen molar-refractivity contribution in [1.82, 2.24) is 19.6 Å². The SMILES string of the molecule is CCN1C(=O)N(CC(=O)N(CCN(C(C)C)C(C)C)C(C)C)C(c2ccccc2)(c2ccccc2)C1=O.[O-][Cl+3]([O-])([O-])O.